The molecule has 0 aliphatic carbocycles. The molecule has 1 aliphatic rings. The van der Waals surface area contributed by atoms with Crippen molar-refractivity contribution in [3.8, 4) is 0 Å². The lowest BCUT2D eigenvalue weighted by molar-refractivity contribution is -0.142. The van der Waals surface area contributed by atoms with Gasteiger partial charge in [-0.15, -0.1) is 0 Å². The van der Waals surface area contributed by atoms with E-state index in [9.17, 15) is 9.59 Å². The van der Waals surface area contributed by atoms with Crippen LogP contribution in [-0.4, -0.2) is 45.6 Å². The molecule has 15 heavy (non-hydrogen) atoms. The number of halogens is 1. The minimum Gasteiger partial charge on any atom is -0.284 e. The molecule has 0 bridgehead atoms. The molecule has 1 aliphatic heterocycles. The van der Waals surface area contributed by atoms with Crippen molar-refractivity contribution in [3.05, 3.63) is 0 Å². The summed E-state index contributed by atoms with van der Waals surface area (Å²) < 4.78 is 0. The fourth-order valence-corrected chi connectivity index (χ4v) is 2.01. The lowest BCUT2D eigenvalue weighted by Gasteiger charge is -2.15. The van der Waals surface area contributed by atoms with Gasteiger partial charge in [-0.25, -0.2) is 0 Å². The van der Waals surface area contributed by atoms with E-state index < -0.39 is 11.8 Å². The Labute approximate surface area is 103 Å². The molecule has 0 spiro atoms. The first kappa shape index (κ1) is 12.6. The van der Waals surface area contributed by atoms with Gasteiger partial charge in [0.05, 0.1) is 0 Å². The van der Waals surface area contributed by atoms with Crippen molar-refractivity contribution >= 4 is 45.1 Å². The minimum absolute atomic E-state index is 0.323. The van der Waals surface area contributed by atoms with E-state index >= 15 is 0 Å². The predicted molar refractivity (Wildman–Crippen MR) is 64.7 cm³/mol. The van der Waals surface area contributed by atoms with E-state index in [-0.39, 0.29) is 0 Å². The highest BCUT2D eigenvalue weighted by atomic mass is 79.9. The van der Waals surface area contributed by atoms with E-state index in [1.54, 1.807) is 0 Å². The van der Waals surface area contributed by atoms with Crippen molar-refractivity contribution in [2.24, 2.45) is 0 Å². The van der Waals surface area contributed by atoms with E-state index in [1.165, 1.54) is 16.8 Å². The van der Waals surface area contributed by atoms with Crippen LogP contribution < -0.4 is 0 Å². The summed E-state index contributed by atoms with van der Waals surface area (Å²) in [6, 6.07) is 0. The fourth-order valence-electron chi connectivity index (χ4n) is 1.35. The Bertz CT molecular complexity index is 296. The van der Waals surface area contributed by atoms with Gasteiger partial charge in [0.15, 0.2) is 5.11 Å². The molecule has 0 aromatic carbocycles. The molecule has 6 heteroatoms. The van der Waals surface area contributed by atoms with Gasteiger partial charge in [0.2, 0.25) is 0 Å². The summed E-state index contributed by atoms with van der Waals surface area (Å²) in [5.74, 6) is -1.03. The quantitative estimate of drug-likeness (QED) is 0.330. The second-order valence-electron chi connectivity index (χ2n) is 3.35. The first-order valence-electron chi connectivity index (χ1n) is 4.79. The Hall–Kier alpha value is -0.490. The van der Waals surface area contributed by atoms with Crippen LogP contribution in [0.2, 0.25) is 0 Å². The van der Waals surface area contributed by atoms with E-state index in [0.29, 0.717) is 11.7 Å². The van der Waals surface area contributed by atoms with Gasteiger partial charge in [-0.3, -0.25) is 19.4 Å². The zero-order valence-corrected chi connectivity index (χ0v) is 10.9. The van der Waals surface area contributed by atoms with Gasteiger partial charge in [-0.05, 0) is 25.1 Å². The summed E-state index contributed by atoms with van der Waals surface area (Å²) in [5, 5.41) is 1.29. The van der Waals surface area contributed by atoms with Gasteiger partial charge in [-0.2, -0.15) is 0 Å². The highest BCUT2D eigenvalue weighted by molar-refractivity contribution is 9.09. The number of alkyl halides is 1. The van der Waals surface area contributed by atoms with E-state index in [0.717, 1.165) is 24.6 Å². The zero-order chi connectivity index (χ0) is 11.4. The molecule has 0 N–H and O–H groups in total. The summed E-state index contributed by atoms with van der Waals surface area (Å²) in [6.07, 6.45) is 2.97. The predicted octanol–water partition coefficient (Wildman–Crippen LogP) is 1.14. The maximum absolute atomic E-state index is 11.4. The van der Waals surface area contributed by atoms with E-state index in [1.807, 2.05) is 0 Å². The molecule has 0 aromatic heterocycles. The molecule has 2 amide bonds. The lowest BCUT2D eigenvalue weighted by atomic mass is 10.2. The van der Waals surface area contributed by atoms with Gasteiger partial charge in [0.25, 0.3) is 0 Å². The number of carbonyl (C=O) groups excluding carboxylic acids is 2. The largest absolute Gasteiger partial charge is 0.318 e. The number of unbranched alkanes of at least 4 members (excludes halogenated alkanes) is 2. The van der Waals surface area contributed by atoms with Crippen LogP contribution in [-0.2, 0) is 9.59 Å². The fraction of sp³-hybridized carbons (Fsp3) is 0.667. The minimum atomic E-state index is -0.527. The van der Waals surface area contributed by atoms with Crippen LogP contribution in [0.15, 0.2) is 0 Å². The first-order valence-corrected chi connectivity index (χ1v) is 6.32. The normalized spacial score (nSPS) is 16.8. The maximum Gasteiger partial charge on any atom is 0.318 e. The van der Waals surface area contributed by atoms with Gasteiger partial charge in [0.1, 0.15) is 0 Å². The molecule has 0 unspecified atom stereocenters. The van der Waals surface area contributed by atoms with Crippen molar-refractivity contribution in [2.75, 3.05) is 18.9 Å². The van der Waals surface area contributed by atoms with Crippen molar-refractivity contribution in [1.29, 1.82) is 0 Å². The number of rotatable bonds is 5. The molecule has 1 rings (SSSR count). The number of hydrogen-bond acceptors (Lipinski definition) is 3. The second kappa shape index (κ2) is 5.55. The second-order valence-corrected chi connectivity index (χ2v) is 4.51. The number of likely N-dealkylation sites (N-methyl/N-ethyl adjacent to an activating group) is 1. The molecular weight excluding hydrogens is 280 g/mol. The highest BCUT2D eigenvalue weighted by Gasteiger charge is 2.38. The molecule has 0 aromatic rings. The van der Waals surface area contributed by atoms with Crippen LogP contribution in [0.25, 0.3) is 0 Å². The maximum atomic E-state index is 11.4. The van der Waals surface area contributed by atoms with Crippen LogP contribution in [0.3, 0.4) is 0 Å². The lowest BCUT2D eigenvalue weighted by Crippen LogP contribution is -2.32. The molecule has 1 saturated heterocycles. The van der Waals surface area contributed by atoms with Gasteiger partial charge in [-0.1, -0.05) is 22.4 Å². The Balaban J connectivity index is 2.45. The van der Waals surface area contributed by atoms with Crippen LogP contribution in [0.4, 0.5) is 0 Å². The molecular formula is C9H13BrN2O2S. The third kappa shape index (κ3) is 2.75. The topological polar surface area (TPSA) is 40.6 Å². The van der Waals surface area contributed by atoms with Gasteiger partial charge >= 0.3 is 11.8 Å². The molecule has 0 saturated carbocycles. The van der Waals surface area contributed by atoms with Crippen molar-refractivity contribution < 1.29 is 9.59 Å². The number of carbonyl (C=O) groups is 2. The average molecular weight is 293 g/mol. The number of hydrogen-bond donors (Lipinski definition) is 0. The Morgan fingerprint density at radius 2 is 1.87 bits per heavy atom. The Morgan fingerprint density at radius 3 is 2.33 bits per heavy atom. The zero-order valence-electron chi connectivity index (χ0n) is 8.53. The monoisotopic (exact) mass is 292 g/mol. The van der Waals surface area contributed by atoms with Crippen LogP contribution >= 0.6 is 28.1 Å². The molecule has 4 nitrogen and oxygen atoms in total. The van der Waals surface area contributed by atoms with Gasteiger partial charge in [0, 0.05) is 18.9 Å². The Kier molecular flexibility index (Phi) is 4.66. The van der Waals surface area contributed by atoms with Crippen molar-refractivity contribution in [2.45, 2.75) is 19.3 Å². The van der Waals surface area contributed by atoms with E-state index in [4.69, 9.17) is 12.2 Å². The van der Waals surface area contributed by atoms with Crippen LogP contribution in [0, 0.1) is 0 Å². The Morgan fingerprint density at radius 1 is 1.20 bits per heavy atom. The highest BCUT2D eigenvalue weighted by Crippen LogP contribution is 2.11. The summed E-state index contributed by atoms with van der Waals surface area (Å²) in [5.41, 5.74) is 0. The standard InChI is InChI=1S/C9H13BrN2O2S/c1-11-7(13)8(14)12(9(11)15)6-4-2-3-5-10/h2-6H2,1H3. The number of amides is 2. The van der Waals surface area contributed by atoms with Gasteiger partial charge < -0.3 is 0 Å². The third-order valence-electron chi connectivity index (χ3n) is 2.27. The summed E-state index contributed by atoms with van der Waals surface area (Å²) in [7, 11) is 1.53. The molecule has 1 fully saturated rings. The number of thiocarbonyl (C=S) groups is 1. The van der Waals surface area contributed by atoms with Crippen molar-refractivity contribution in [3.63, 3.8) is 0 Å². The van der Waals surface area contributed by atoms with Crippen molar-refractivity contribution in [1.82, 2.24) is 9.80 Å². The third-order valence-corrected chi connectivity index (χ3v) is 3.32. The van der Waals surface area contributed by atoms with E-state index in [2.05, 4.69) is 15.9 Å². The van der Waals surface area contributed by atoms with Crippen LogP contribution in [0.1, 0.15) is 19.3 Å². The average Bonchev–Trinajstić information content (AvgIpc) is 2.41. The molecule has 84 valence electrons. The van der Waals surface area contributed by atoms with Crippen LogP contribution in [0.5, 0.6) is 0 Å². The summed E-state index contributed by atoms with van der Waals surface area (Å²) in [6.45, 7) is 0.542. The first-order chi connectivity index (χ1) is 7.09. The molecule has 0 atom stereocenters. The summed E-state index contributed by atoms with van der Waals surface area (Å²) in [4.78, 5) is 25.3. The summed E-state index contributed by atoms with van der Waals surface area (Å²) >= 11 is 8.33. The SMILES string of the molecule is CN1C(=O)C(=O)N(CCCCCBr)C1=S. The number of nitrogens with zero attached hydrogens (tertiary/aromatic N) is 2. The molecule has 0 radical (unpaired) electrons. The molecule has 1 heterocycles. The smallest absolute Gasteiger partial charge is 0.284 e.